The van der Waals surface area contributed by atoms with Gasteiger partial charge in [0.2, 0.25) is 0 Å². The molecule has 5 aliphatic carbocycles. The van der Waals surface area contributed by atoms with E-state index in [1.165, 1.54) is 24.6 Å². The van der Waals surface area contributed by atoms with Gasteiger partial charge in [-0.3, -0.25) is 4.79 Å². The van der Waals surface area contributed by atoms with Crippen molar-refractivity contribution in [3.63, 3.8) is 0 Å². The number of phenolic OH excluding ortho intramolecular Hbond substituents is 2. The Bertz CT molecular complexity index is 1450. The molecule has 1 aromatic rings. The third kappa shape index (κ3) is 4.84. The van der Waals surface area contributed by atoms with Crippen LogP contribution >= 0.6 is 0 Å². The van der Waals surface area contributed by atoms with E-state index in [1.54, 1.807) is 17.7 Å². The molecule has 246 valence electrons. The Balaban J connectivity index is 1.24. The minimum absolute atomic E-state index is 0.0684. The van der Waals surface area contributed by atoms with E-state index < -0.39 is 0 Å². The number of hydrogen-bond donors (Lipinski definition) is 2. The number of aromatic hydroxyl groups is 2. The molecule has 0 saturated heterocycles. The Labute approximate surface area is 270 Å². The lowest BCUT2D eigenvalue weighted by Crippen LogP contribution is -2.64. The van der Waals surface area contributed by atoms with Gasteiger partial charge in [0, 0.05) is 16.9 Å². The molecule has 0 heterocycles. The van der Waals surface area contributed by atoms with Crippen molar-refractivity contribution in [2.75, 3.05) is 0 Å². The molecule has 5 heteroatoms. The number of ketones is 1. The van der Waals surface area contributed by atoms with Crippen molar-refractivity contribution in [2.24, 2.45) is 50.2 Å². The smallest absolute Gasteiger partial charge is 0.331 e. The summed E-state index contributed by atoms with van der Waals surface area (Å²) in [5, 5.41) is 19.4. The molecule has 45 heavy (non-hydrogen) atoms. The van der Waals surface area contributed by atoms with Crippen LogP contribution in [0.4, 0.5) is 0 Å². The zero-order chi connectivity index (χ0) is 32.8. The highest BCUT2D eigenvalue weighted by Gasteiger charge is 2.68. The molecule has 2 N–H and O–H groups in total. The van der Waals surface area contributed by atoms with Crippen LogP contribution in [0, 0.1) is 50.2 Å². The van der Waals surface area contributed by atoms with Crippen molar-refractivity contribution >= 4 is 17.8 Å². The fourth-order valence-electron chi connectivity index (χ4n) is 12.3. The number of carbonyl (C=O) groups excluding carboxylic acids is 2. The van der Waals surface area contributed by atoms with Gasteiger partial charge in [0.15, 0.2) is 11.5 Å². The van der Waals surface area contributed by atoms with E-state index in [1.807, 2.05) is 6.92 Å². The fraction of sp³-hybridized carbons (Fsp3) is 0.700. The zero-order valence-electron chi connectivity index (χ0n) is 29.0. The second-order valence-electron chi connectivity index (χ2n) is 17.8. The average Bonchev–Trinajstić information content (AvgIpc) is 2.94. The number of allylic oxidation sites excluding steroid dienone is 2. The minimum Gasteiger partial charge on any atom is -0.504 e. The summed E-state index contributed by atoms with van der Waals surface area (Å²) in [4.78, 5) is 26.4. The van der Waals surface area contributed by atoms with Gasteiger partial charge in [0.1, 0.15) is 11.9 Å². The topological polar surface area (TPSA) is 83.8 Å². The van der Waals surface area contributed by atoms with Gasteiger partial charge in [-0.25, -0.2) is 4.79 Å². The van der Waals surface area contributed by atoms with Crippen molar-refractivity contribution in [3.05, 3.63) is 41.5 Å². The van der Waals surface area contributed by atoms with Gasteiger partial charge in [0.25, 0.3) is 0 Å². The summed E-state index contributed by atoms with van der Waals surface area (Å²) >= 11 is 0. The Morgan fingerprint density at radius 3 is 2.16 bits per heavy atom. The number of fused-ring (bicyclic) bond motifs is 7. The van der Waals surface area contributed by atoms with Crippen molar-refractivity contribution in [1.82, 2.24) is 0 Å². The van der Waals surface area contributed by atoms with E-state index in [0.717, 1.165) is 57.8 Å². The van der Waals surface area contributed by atoms with Crippen LogP contribution in [0.15, 0.2) is 35.9 Å². The predicted octanol–water partition coefficient (Wildman–Crippen LogP) is 9.41. The molecule has 1 aromatic carbocycles. The molecule has 4 fully saturated rings. The molecule has 4 saturated carbocycles. The summed E-state index contributed by atoms with van der Waals surface area (Å²) in [5.41, 5.74) is 2.57. The summed E-state index contributed by atoms with van der Waals surface area (Å²) in [6.45, 7) is 19.0. The van der Waals surface area contributed by atoms with Crippen molar-refractivity contribution < 1.29 is 24.5 Å². The second kappa shape index (κ2) is 10.5. The van der Waals surface area contributed by atoms with Crippen molar-refractivity contribution in [3.8, 4) is 11.5 Å². The summed E-state index contributed by atoms with van der Waals surface area (Å²) in [6, 6.07) is 4.50. The van der Waals surface area contributed by atoms with E-state index >= 15 is 0 Å². The monoisotopic (exact) mass is 616 g/mol. The van der Waals surface area contributed by atoms with Gasteiger partial charge in [-0.1, -0.05) is 66.2 Å². The average molecular weight is 617 g/mol. The van der Waals surface area contributed by atoms with Gasteiger partial charge in [-0.15, -0.1) is 0 Å². The Kier molecular flexibility index (Phi) is 7.54. The fourth-order valence-corrected chi connectivity index (χ4v) is 12.3. The summed E-state index contributed by atoms with van der Waals surface area (Å²) < 4.78 is 6.17. The molecule has 0 radical (unpaired) electrons. The van der Waals surface area contributed by atoms with E-state index in [9.17, 15) is 19.8 Å². The van der Waals surface area contributed by atoms with Gasteiger partial charge < -0.3 is 14.9 Å². The number of hydrogen-bond acceptors (Lipinski definition) is 5. The first-order valence-electron chi connectivity index (χ1n) is 17.5. The number of carbonyl (C=O) groups is 2. The summed E-state index contributed by atoms with van der Waals surface area (Å²) in [6.07, 6.45) is 16.2. The van der Waals surface area contributed by atoms with E-state index in [2.05, 4.69) is 54.5 Å². The van der Waals surface area contributed by atoms with Crippen molar-refractivity contribution in [2.45, 2.75) is 126 Å². The number of phenols is 2. The van der Waals surface area contributed by atoms with E-state index in [0.29, 0.717) is 29.1 Å². The van der Waals surface area contributed by atoms with Crippen LogP contribution in [0.2, 0.25) is 0 Å². The lowest BCUT2D eigenvalue weighted by atomic mass is 9.34. The zero-order valence-corrected chi connectivity index (χ0v) is 29.0. The highest BCUT2D eigenvalue weighted by atomic mass is 16.5. The first-order chi connectivity index (χ1) is 20.9. The molecular formula is C40H56O5. The van der Waals surface area contributed by atoms with Crippen LogP contribution in [0.25, 0.3) is 6.08 Å². The van der Waals surface area contributed by atoms with E-state index in [4.69, 9.17) is 4.74 Å². The molecule has 8 atom stereocenters. The molecule has 8 unspecified atom stereocenters. The largest absolute Gasteiger partial charge is 0.504 e. The van der Waals surface area contributed by atoms with Crippen LogP contribution in [-0.2, 0) is 14.3 Å². The van der Waals surface area contributed by atoms with Crippen LogP contribution < -0.4 is 0 Å². The number of esters is 1. The molecule has 0 aromatic heterocycles. The van der Waals surface area contributed by atoms with Gasteiger partial charge in [-0.2, -0.15) is 0 Å². The summed E-state index contributed by atoms with van der Waals surface area (Å²) in [7, 11) is 0. The predicted molar refractivity (Wildman–Crippen MR) is 178 cm³/mol. The molecule has 5 aliphatic rings. The van der Waals surface area contributed by atoms with Crippen LogP contribution in [0.5, 0.6) is 11.5 Å². The highest BCUT2D eigenvalue weighted by molar-refractivity contribution is 5.87. The number of ether oxygens (including phenoxy) is 1. The maximum Gasteiger partial charge on any atom is 0.331 e. The molecule has 0 bridgehead atoms. The Morgan fingerprint density at radius 1 is 0.822 bits per heavy atom. The standard InChI is InChI=1S/C40H56O5/c1-25(41)40-20-15-31-38(7)17-13-29-36(4,5)33(45-34(44)12-10-26-9-11-27(42)28(43)23-26)16-19-37(29,6)30(38)14-18-39(31,8)32(40)24-35(2,3)21-22-40/h9-12,15,23,29-30,32-33,42-43H,13-14,16-22,24H2,1-8H3. The second-order valence-corrected chi connectivity index (χ2v) is 17.8. The number of Topliss-reactive ketones (excluding diaryl/α,β-unsaturated/α-hetero) is 1. The molecule has 0 spiro atoms. The third-order valence-electron chi connectivity index (χ3n) is 14.7. The first kappa shape index (κ1) is 32.4. The first-order valence-corrected chi connectivity index (χ1v) is 17.5. The van der Waals surface area contributed by atoms with Crippen LogP contribution in [-0.4, -0.2) is 28.1 Å². The van der Waals surface area contributed by atoms with E-state index in [-0.39, 0.29) is 56.1 Å². The summed E-state index contributed by atoms with van der Waals surface area (Å²) in [5.74, 6) is 1.08. The number of rotatable bonds is 4. The van der Waals surface area contributed by atoms with Crippen LogP contribution in [0.1, 0.15) is 125 Å². The molecule has 6 rings (SSSR count). The molecule has 5 nitrogen and oxygen atoms in total. The lowest BCUT2D eigenvalue weighted by molar-refractivity contribution is -0.197. The quantitative estimate of drug-likeness (QED) is 0.152. The number of benzene rings is 1. The lowest BCUT2D eigenvalue weighted by Gasteiger charge is -2.70. The van der Waals surface area contributed by atoms with Gasteiger partial charge in [-0.05, 0) is 134 Å². The normalized spacial score (nSPS) is 41.6. The maximum atomic E-state index is 13.4. The SMILES string of the molecule is CC(=O)C12CC=C3C(C)(CCC4C3(C)CCC3C(C)(C)C(OC(=O)C=Cc5ccc(O)c(O)c5)CCC43C)C1CC(C)(C)CC2. The van der Waals surface area contributed by atoms with Gasteiger partial charge in [0.05, 0.1) is 0 Å². The third-order valence-corrected chi connectivity index (χ3v) is 14.7. The minimum atomic E-state index is -0.366. The van der Waals surface area contributed by atoms with Crippen LogP contribution in [0.3, 0.4) is 0 Å². The molecule has 0 amide bonds. The van der Waals surface area contributed by atoms with Crippen molar-refractivity contribution in [1.29, 1.82) is 0 Å². The Hall–Kier alpha value is -2.56. The molecule has 0 aliphatic heterocycles. The molecular weight excluding hydrogens is 560 g/mol. The van der Waals surface area contributed by atoms with Gasteiger partial charge >= 0.3 is 5.97 Å². The highest BCUT2D eigenvalue weighted by Crippen LogP contribution is 2.75. The maximum absolute atomic E-state index is 13.4. The Morgan fingerprint density at radius 2 is 1.49 bits per heavy atom.